The van der Waals surface area contributed by atoms with Gasteiger partial charge in [-0.3, -0.25) is 9.67 Å². The summed E-state index contributed by atoms with van der Waals surface area (Å²) in [5, 5.41) is 9.38. The number of para-hydroxylation sites is 1. The number of aliphatic imine (C=N–C) groups is 1. The Kier molecular flexibility index (Phi) is 9.39. The smallest absolute Gasteiger partial charge is 0.435 e. The highest BCUT2D eigenvalue weighted by molar-refractivity contribution is 14.0. The van der Waals surface area contributed by atoms with Crippen LogP contribution in [0.4, 0.5) is 13.2 Å². The second kappa shape index (κ2) is 11.0. The molecule has 1 aromatic carbocycles. The molecule has 0 radical (unpaired) electrons. The van der Waals surface area contributed by atoms with E-state index in [0.717, 1.165) is 16.9 Å². The fraction of sp³-hybridized carbons (Fsp3) is 0.412. The molecule has 0 bridgehead atoms. The molecule has 2 rings (SSSR count). The van der Waals surface area contributed by atoms with Crippen LogP contribution >= 0.6 is 24.0 Å². The number of hydrogen-bond donors (Lipinski definition) is 2. The molecule has 150 valence electrons. The molecule has 0 atom stereocenters. The molecule has 0 spiro atoms. The first kappa shape index (κ1) is 23.1. The van der Waals surface area contributed by atoms with E-state index >= 15 is 0 Å². The van der Waals surface area contributed by atoms with Gasteiger partial charge in [-0.15, -0.1) is 24.0 Å². The third kappa shape index (κ3) is 7.65. The van der Waals surface area contributed by atoms with Crippen molar-refractivity contribution in [1.29, 1.82) is 0 Å². The fourth-order valence-electron chi connectivity index (χ4n) is 2.29. The summed E-state index contributed by atoms with van der Waals surface area (Å²) < 4.78 is 45.5. The quantitative estimate of drug-likeness (QED) is 0.267. The summed E-state index contributed by atoms with van der Waals surface area (Å²) in [4.78, 5) is 4.00. The first-order valence-electron chi connectivity index (χ1n) is 8.12. The van der Waals surface area contributed by atoms with Crippen molar-refractivity contribution in [2.45, 2.75) is 19.1 Å². The average molecular weight is 497 g/mol. The molecule has 1 aromatic heterocycles. The Bertz CT molecular complexity index is 719. The van der Waals surface area contributed by atoms with Crippen LogP contribution in [0.5, 0.6) is 5.75 Å². The van der Waals surface area contributed by atoms with E-state index in [1.807, 2.05) is 30.3 Å². The number of alkyl halides is 3. The number of guanidine groups is 1. The molecule has 1 heterocycles. The Morgan fingerprint density at radius 3 is 2.56 bits per heavy atom. The maximum atomic E-state index is 12.9. The van der Waals surface area contributed by atoms with Crippen molar-refractivity contribution < 1.29 is 17.9 Å². The Balaban J connectivity index is 0.00000364. The van der Waals surface area contributed by atoms with Crippen LogP contribution in [0, 0.1) is 0 Å². The molecule has 0 aliphatic carbocycles. The lowest BCUT2D eigenvalue weighted by Crippen LogP contribution is -2.38. The molecule has 27 heavy (non-hydrogen) atoms. The molecule has 0 amide bonds. The minimum absolute atomic E-state index is 0. The molecule has 0 saturated carbocycles. The monoisotopic (exact) mass is 497 g/mol. The highest BCUT2D eigenvalue weighted by atomic mass is 127. The first-order valence-corrected chi connectivity index (χ1v) is 8.12. The molecule has 0 unspecified atom stereocenters. The van der Waals surface area contributed by atoms with E-state index in [1.54, 1.807) is 7.05 Å². The zero-order valence-electron chi connectivity index (χ0n) is 15.1. The minimum atomic E-state index is -4.48. The Labute approximate surface area is 173 Å². The number of rotatable bonds is 7. The van der Waals surface area contributed by atoms with Gasteiger partial charge in [-0.25, -0.2) is 0 Å². The lowest BCUT2D eigenvalue weighted by Gasteiger charge is -2.12. The van der Waals surface area contributed by atoms with E-state index in [2.05, 4.69) is 20.7 Å². The van der Waals surface area contributed by atoms with Crippen molar-refractivity contribution in [3.8, 4) is 5.75 Å². The number of benzene rings is 1. The van der Waals surface area contributed by atoms with E-state index < -0.39 is 11.9 Å². The van der Waals surface area contributed by atoms with Crippen LogP contribution < -0.4 is 15.4 Å². The van der Waals surface area contributed by atoms with E-state index in [-0.39, 0.29) is 36.1 Å². The van der Waals surface area contributed by atoms with Gasteiger partial charge in [0.1, 0.15) is 5.75 Å². The van der Waals surface area contributed by atoms with Gasteiger partial charge in [-0.05, 0) is 18.6 Å². The topological polar surface area (TPSA) is 63.5 Å². The van der Waals surface area contributed by atoms with Crippen molar-refractivity contribution in [1.82, 2.24) is 20.4 Å². The molecule has 10 heteroatoms. The Hall–Kier alpha value is -1.98. The summed E-state index contributed by atoms with van der Waals surface area (Å²) >= 11 is 0. The van der Waals surface area contributed by atoms with Crippen LogP contribution in [-0.4, -0.2) is 35.9 Å². The standard InChI is InChI=1S/C17H22F3N5O.HI/c1-21-16(22-9-6-10-26-14-7-4-3-5-8-14)23-11-13-12-25(2)24-15(13)17(18,19)20;/h3-5,7-8,12H,6,9-11H2,1-2H3,(H2,21,22,23);1H. The largest absolute Gasteiger partial charge is 0.494 e. The van der Waals surface area contributed by atoms with Crippen LogP contribution in [0.1, 0.15) is 17.7 Å². The lowest BCUT2D eigenvalue weighted by atomic mass is 10.2. The molecular weight excluding hydrogens is 474 g/mol. The molecule has 0 aliphatic rings. The molecule has 0 fully saturated rings. The van der Waals surface area contributed by atoms with Crippen molar-refractivity contribution in [3.05, 3.63) is 47.8 Å². The second-order valence-electron chi connectivity index (χ2n) is 5.54. The van der Waals surface area contributed by atoms with Crippen molar-refractivity contribution in [2.75, 3.05) is 20.2 Å². The van der Waals surface area contributed by atoms with E-state index in [1.165, 1.54) is 13.2 Å². The van der Waals surface area contributed by atoms with Crippen LogP contribution in [0.15, 0.2) is 41.5 Å². The van der Waals surface area contributed by atoms with Gasteiger partial charge in [0.05, 0.1) is 6.61 Å². The van der Waals surface area contributed by atoms with Gasteiger partial charge in [-0.2, -0.15) is 18.3 Å². The third-order valence-corrected chi connectivity index (χ3v) is 3.47. The lowest BCUT2D eigenvalue weighted by molar-refractivity contribution is -0.142. The predicted molar refractivity (Wildman–Crippen MR) is 108 cm³/mol. The number of ether oxygens (including phenoxy) is 1. The van der Waals surface area contributed by atoms with E-state index in [9.17, 15) is 13.2 Å². The van der Waals surface area contributed by atoms with Gasteiger partial charge in [0.15, 0.2) is 11.7 Å². The molecule has 0 saturated heterocycles. The van der Waals surface area contributed by atoms with E-state index in [0.29, 0.717) is 19.1 Å². The highest BCUT2D eigenvalue weighted by Crippen LogP contribution is 2.30. The zero-order chi connectivity index (χ0) is 19.0. The van der Waals surface area contributed by atoms with Crippen LogP contribution in [-0.2, 0) is 19.8 Å². The van der Waals surface area contributed by atoms with Gasteiger partial charge in [0.2, 0.25) is 0 Å². The van der Waals surface area contributed by atoms with Gasteiger partial charge < -0.3 is 15.4 Å². The van der Waals surface area contributed by atoms with Crippen LogP contribution in [0.25, 0.3) is 0 Å². The normalized spacial score (nSPS) is 11.7. The number of aryl methyl sites for hydroxylation is 1. The van der Waals surface area contributed by atoms with Gasteiger partial charge >= 0.3 is 6.18 Å². The zero-order valence-corrected chi connectivity index (χ0v) is 17.4. The summed E-state index contributed by atoms with van der Waals surface area (Å²) in [5.74, 6) is 1.22. The third-order valence-electron chi connectivity index (χ3n) is 3.47. The number of nitrogens with zero attached hydrogens (tertiary/aromatic N) is 3. The SMILES string of the molecule is CN=C(NCCCOc1ccccc1)NCc1cn(C)nc1C(F)(F)F.I. The average Bonchev–Trinajstić information content (AvgIpc) is 2.99. The second-order valence-corrected chi connectivity index (χ2v) is 5.54. The molecule has 2 N–H and O–H groups in total. The van der Waals surface area contributed by atoms with Crippen molar-refractivity contribution in [2.24, 2.45) is 12.0 Å². The Morgan fingerprint density at radius 1 is 1.22 bits per heavy atom. The van der Waals surface area contributed by atoms with Gasteiger partial charge in [-0.1, -0.05) is 18.2 Å². The van der Waals surface area contributed by atoms with Crippen LogP contribution in [0.2, 0.25) is 0 Å². The van der Waals surface area contributed by atoms with Crippen molar-refractivity contribution >= 4 is 29.9 Å². The maximum Gasteiger partial charge on any atom is 0.435 e. The minimum Gasteiger partial charge on any atom is -0.494 e. The number of aromatic nitrogens is 2. The first-order chi connectivity index (χ1) is 12.4. The number of nitrogens with one attached hydrogen (secondary N) is 2. The fourth-order valence-corrected chi connectivity index (χ4v) is 2.29. The van der Waals surface area contributed by atoms with Gasteiger partial charge in [0.25, 0.3) is 0 Å². The Morgan fingerprint density at radius 2 is 1.93 bits per heavy atom. The summed E-state index contributed by atoms with van der Waals surface area (Å²) in [6.45, 7) is 1.07. The number of hydrogen-bond acceptors (Lipinski definition) is 3. The maximum absolute atomic E-state index is 12.9. The molecular formula is C17H23F3IN5O. The summed E-state index contributed by atoms with van der Waals surface area (Å²) in [6, 6.07) is 9.45. The summed E-state index contributed by atoms with van der Waals surface area (Å²) in [5.41, 5.74) is -0.824. The van der Waals surface area contributed by atoms with Crippen molar-refractivity contribution in [3.63, 3.8) is 0 Å². The summed E-state index contributed by atoms with van der Waals surface area (Å²) in [6.07, 6.45) is -2.42. The molecule has 0 aliphatic heterocycles. The molecule has 2 aromatic rings. The van der Waals surface area contributed by atoms with E-state index in [4.69, 9.17) is 4.74 Å². The molecule has 6 nitrogen and oxygen atoms in total. The summed E-state index contributed by atoms with van der Waals surface area (Å²) in [7, 11) is 3.02. The highest BCUT2D eigenvalue weighted by Gasteiger charge is 2.36. The number of halogens is 4. The van der Waals surface area contributed by atoms with Gasteiger partial charge in [0, 0.05) is 38.9 Å². The predicted octanol–water partition coefficient (Wildman–Crippen LogP) is 3.19. The van der Waals surface area contributed by atoms with Crippen LogP contribution in [0.3, 0.4) is 0 Å².